The van der Waals surface area contributed by atoms with Gasteiger partial charge < -0.3 is 0 Å². The molecule has 4 heteroatoms. The highest BCUT2D eigenvalue weighted by Gasteiger charge is 2.24. The lowest BCUT2D eigenvalue weighted by atomic mass is 10.4. The highest BCUT2D eigenvalue weighted by atomic mass is 32.2. The largest absolute Gasteiger partial charge is 0.293 e. The Labute approximate surface area is 75.6 Å². The first kappa shape index (κ1) is 8.74. The van der Waals surface area contributed by atoms with Crippen LogP contribution in [0.5, 0.6) is 0 Å². The average Bonchev–Trinajstić information content (AvgIpc) is 2.29. The number of allylic oxidation sites excluding steroid dienone is 1. The van der Waals surface area contributed by atoms with Crippen molar-refractivity contribution in [1.82, 2.24) is 4.90 Å². The maximum atomic E-state index is 11.1. The van der Waals surface area contributed by atoms with Crippen LogP contribution in [0.1, 0.15) is 6.92 Å². The molecule has 0 aromatic heterocycles. The van der Waals surface area contributed by atoms with E-state index in [-0.39, 0.29) is 5.91 Å². The van der Waals surface area contributed by atoms with Gasteiger partial charge in [0.05, 0.1) is 5.75 Å². The van der Waals surface area contributed by atoms with E-state index in [1.807, 2.05) is 19.1 Å². The molecule has 1 fully saturated rings. The van der Waals surface area contributed by atoms with Gasteiger partial charge in [-0.15, -0.1) is 0 Å². The Morgan fingerprint density at radius 1 is 1.82 bits per heavy atom. The molecule has 0 aromatic rings. The second-order valence-electron chi connectivity index (χ2n) is 2.13. The van der Waals surface area contributed by atoms with Crippen LogP contribution >= 0.6 is 24.0 Å². The van der Waals surface area contributed by atoms with Crippen molar-refractivity contribution in [2.24, 2.45) is 0 Å². The first-order valence-corrected chi connectivity index (χ1v) is 4.73. The summed E-state index contributed by atoms with van der Waals surface area (Å²) >= 11 is 6.40. The van der Waals surface area contributed by atoms with Crippen LogP contribution in [0.4, 0.5) is 0 Å². The van der Waals surface area contributed by atoms with Gasteiger partial charge in [-0.05, 0) is 6.92 Å². The van der Waals surface area contributed by atoms with Crippen LogP contribution in [-0.2, 0) is 4.79 Å². The van der Waals surface area contributed by atoms with Gasteiger partial charge in [0.25, 0.3) is 0 Å². The molecule has 0 aliphatic carbocycles. The lowest BCUT2D eigenvalue weighted by Crippen LogP contribution is -2.28. The van der Waals surface area contributed by atoms with Gasteiger partial charge >= 0.3 is 0 Å². The molecule has 0 aromatic carbocycles. The van der Waals surface area contributed by atoms with E-state index in [1.54, 1.807) is 4.90 Å². The third-order valence-electron chi connectivity index (χ3n) is 1.36. The molecule has 60 valence electrons. The average molecular weight is 187 g/mol. The van der Waals surface area contributed by atoms with Crippen molar-refractivity contribution in [2.45, 2.75) is 6.92 Å². The molecule has 0 spiro atoms. The van der Waals surface area contributed by atoms with E-state index in [2.05, 4.69) is 0 Å². The number of hydrogen-bond donors (Lipinski definition) is 0. The molecule has 1 aliphatic heterocycles. The molecular weight excluding hydrogens is 178 g/mol. The molecule has 0 saturated carbocycles. The lowest BCUT2D eigenvalue weighted by molar-refractivity contribution is -0.123. The number of thiocarbonyl (C=S) groups is 1. The molecular formula is C7H9NOS2. The third-order valence-corrected chi connectivity index (χ3v) is 2.80. The second kappa shape index (κ2) is 3.88. The minimum Gasteiger partial charge on any atom is -0.293 e. The van der Waals surface area contributed by atoms with Crippen LogP contribution in [0.15, 0.2) is 12.2 Å². The van der Waals surface area contributed by atoms with Crippen molar-refractivity contribution in [3.05, 3.63) is 12.2 Å². The zero-order valence-electron chi connectivity index (χ0n) is 6.24. The Kier molecular flexibility index (Phi) is 3.08. The number of amides is 1. The van der Waals surface area contributed by atoms with Gasteiger partial charge in [0.2, 0.25) is 5.91 Å². The summed E-state index contributed by atoms with van der Waals surface area (Å²) in [5.74, 6) is 0.634. The molecule has 1 rings (SSSR count). The Morgan fingerprint density at radius 2 is 2.55 bits per heavy atom. The van der Waals surface area contributed by atoms with Crippen molar-refractivity contribution >= 4 is 34.2 Å². The molecule has 1 amide bonds. The normalized spacial score (nSPS) is 18.8. The second-order valence-corrected chi connectivity index (χ2v) is 3.74. The summed E-state index contributed by atoms with van der Waals surface area (Å²) in [6, 6.07) is 0. The third kappa shape index (κ3) is 2.04. The Hall–Kier alpha value is -0.350. The zero-order valence-corrected chi connectivity index (χ0v) is 7.87. The summed E-state index contributed by atoms with van der Waals surface area (Å²) in [7, 11) is 0. The molecule has 0 unspecified atom stereocenters. The monoisotopic (exact) mass is 187 g/mol. The fraction of sp³-hybridized carbons (Fsp3) is 0.429. The molecule has 0 radical (unpaired) electrons. The molecule has 1 aliphatic rings. The van der Waals surface area contributed by atoms with E-state index in [0.29, 0.717) is 16.6 Å². The quantitative estimate of drug-likeness (QED) is 0.482. The van der Waals surface area contributed by atoms with Gasteiger partial charge in [-0.25, -0.2) is 0 Å². The Balaban J connectivity index is 2.54. The molecule has 0 atom stereocenters. The smallest absolute Gasteiger partial charge is 0.238 e. The maximum absolute atomic E-state index is 11.1. The number of hydrogen-bond acceptors (Lipinski definition) is 3. The number of carbonyl (C=O) groups is 1. The summed E-state index contributed by atoms with van der Waals surface area (Å²) in [6.45, 7) is 2.55. The van der Waals surface area contributed by atoms with Crippen LogP contribution < -0.4 is 0 Å². The van der Waals surface area contributed by atoms with E-state index < -0.39 is 0 Å². The van der Waals surface area contributed by atoms with Gasteiger partial charge in [-0.3, -0.25) is 9.69 Å². The number of thioether (sulfide) groups is 1. The zero-order chi connectivity index (χ0) is 8.27. The summed E-state index contributed by atoms with van der Waals surface area (Å²) in [5, 5.41) is 0. The van der Waals surface area contributed by atoms with E-state index in [4.69, 9.17) is 12.2 Å². The fourth-order valence-corrected chi connectivity index (χ4v) is 1.86. The minimum atomic E-state index is 0.123. The predicted molar refractivity (Wildman–Crippen MR) is 51.6 cm³/mol. The molecule has 1 heterocycles. The van der Waals surface area contributed by atoms with E-state index in [9.17, 15) is 4.79 Å². The fourth-order valence-electron chi connectivity index (χ4n) is 0.768. The number of rotatable bonds is 2. The minimum absolute atomic E-state index is 0.123. The van der Waals surface area contributed by atoms with Crippen LogP contribution in [0, 0.1) is 0 Å². The molecule has 0 N–H and O–H groups in total. The summed E-state index contributed by atoms with van der Waals surface area (Å²) < 4.78 is 0.702. The van der Waals surface area contributed by atoms with Crippen molar-refractivity contribution in [1.29, 1.82) is 0 Å². The van der Waals surface area contributed by atoms with E-state index in [1.165, 1.54) is 11.8 Å². The number of nitrogens with zero attached hydrogens (tertiary/aromatic N) is 1. The first-order valence-electron chi connectivity index (χ1n) is 3.34. The SMILES string of the molecule is CC=CCN1C(=O)CSC1=S. The van der Waals surface area contributed by atoms with Gasteiger partial charge in [0.15, 0.2) is 0 Å². The molecule has 1 saturated heterocycles. The van der Waals surface area contributed by atoms with Crippen LogP contribution in [0.2, 0.25) is 0 Å². The van der Waals surface area contributed by atoms with Crippen LogP contribution in [0.3, 0.4) is 0 Å². The van der Waals surface area contributed by atoms with Crippen molar-refractivity contribution in [2.75, 3.05) is 12.3 Å². The first-order chi connectivity index (χ1) is 5.25. The van der Waals surface area contributed by atoms with Crippen molar-refractivity contribution in [3.63, 3.8) is 0 Å². The van der Waals surface area contributed by atoms with Gasteiger partial charge in [-0.2, -0.15) is 0 Å². The van der Waals surface area contributed by atoms with Crippen molar-refractivity contribution in [3.8, 4) is 0 Å². The van der Waals surface area contributed by atoms with Gasteiger partial charge in [0, 0.05) is 6.54 Å². The van der Waals surface area contributed by atoms with Crippen LogP contribution in [-0.4, -0.2) is 27.4 Å². The maximum Gasteiger partial charge on any atom is 0.238 e. The topological polar surface area (TPSA) is 20.3 Å². The number of carbonyl (C=O) groups excluding carboxylic acids is 1. The van der Waals surface area contributed by atoms with Gasteiger partial charge in [0.1, 0.15) is 4.32 Å². The van der Waals surface area contributed by atoms with Crippen molar-refractivity contribution < 1.29 is 4.79 Å². The molecule has 2 nitrogen and oxygen atoms in total. The Morgan fingerprint density at radius 3 is 3.00 bits per heavy atom. The van der Waals surface area contributed by atoms with Crippen LogP contribution in [0.25, 0.3) is 0 Å². The molecule has 11 heavy (non-hydrogen) atoms. The highest BCUT2D eigenvalue weighted by molar-refractivity contribution is 8.23. The Bertz CT molecular complexity index is 196. The molecule has 0 bridgehead atoms. The standard InChI is InChI=1S/C7H9NOS2/c1-2-3-4-8-6(9)5-11-7(8)10/h2-3H,4-5H2,1H3. The highest BCUT2D eigenvalue weighted by Crippen LogP contribution is 2.18. The van der Waals surface area contributed by atoms with E-state index in [0.717, 1.165) is 0 Å². The lowest BCUT2D eigenvalue weighted by Gasteiger charge is -2.10. The summed E-state index contributed by atoms with van der Waals surface area (Å²) in [5.41, 5.74) is 0. The summed E-state index contributed by atoms with van der Waals surface area (Å²) in [6.07, 6.45) is 3.84. The predicted octanol–water partition coefficient (Wildman–Crippen LogP) is 1.42. The van der Waals surface area contributed by atoms with E-state index >= 15 is 0 Å². The summed E-state index contributed by atoms with van der Waals surface area (Å²) in [4.78, 5) is 12.7. The van der Waals surface area contributed by atoms with Gasteiger partial charge in [-0.1, -0.05) is 36.1 Å².